The van der Waals surface area contributed by atoms with Crippen LogP contribution in [-0.2, 0) is 4.79 Å². The van der Waals surface area contributed by atoms with Gasteiger partial charge in [-0.05, 0) is 54.6 Å². The number of benzene rings is 3. The van der Waals surface area contributed by atoms with Crippen LogP contribution in [0.25, 0.3) is 0 Å². The third-order valence-electron chi connectivity index (χ3n) is 4.09. The van der Waals surface area contributed by atoms with Crippen molar-refractivity contribution in [2.24, 2.45) is 0 Å². The van der Waals surface area contributed by atoms with Crippen LogP contribution in [0.3, 0.4) is 0 Å². The van der Waals surface area contributed by atoms with Gasteiger partial charge in [-0.15, -0.1) is 10.2 Å². The fraction of sp³-hybridized carbons (Fsp3) is 0.0435. The molecule has 0 unspecified atom stereocenters. The molecule has 0 spiro atoms. The topological polar surface area (TPSA) is 99.9 Å². The Hall–Kier alpha value is -3.87. The second kappa shape index (κ2) is 10.4. The molecule has 1 heterocycles. The lowest BCUT2D eigenvalue weighted by Crippen LogP contribution is -2.13. The van der Waals surface area contributed by atoms with Crippen LogP contribution in [-0.4, -0.2) is 21.9 Å². The van der Waals surface area contributed by atoms with Crippen molar-refractivity contribution in [2.45, 2.75) is 4.34 Å². The van der Waals surface area contributed by atoms with Crippen molar-refractivity contribution in [2.75, 3.05) is 16.4 Å². The first-order chi connectivity index (χ1) is 15.7. The van der Waals surface area contributed by atoms with E-state index in [1.807, 2.05) is 60.7 Å². The maximum Gasteiger partial charge on any atom is 0.234 e. The van der Waals surface area contributed by atoms with Crippen molar-refractivity contribution < 1.29 is 9.53 Å². The molecule has 0 radical (unpaired) electrons. The molecule has 0 aliphatic carbocycles. The van der Waals surface area contributed by atoms with Crippen molar-refractivity contribution in [1.29, 1.82) is 5.26 Å². The minimum Gasteiger partial charge on any atom is -0.457 e. The van der Waals surface area contributed by atoms with Crippen LogP contribution >= 0.6 is 23.1 Å². The predicted octanol–water partition coefficient (Wildman–Crippen LogP) is 5.68. The minimum absolute atomic E-state index is 0.177. The van der Waals surface area contributed by atoms with Crippen LogP contribution < -0.4 is 15.4 Å². The molecular weight excluding hydrogens is 442 g/mol. The first kappa shape index (κ1) is 21.4. The van der Waals surface area contributed by atoms with Gasteiger partial charge in [-0.1, -0.05) is 47.4 Å². The summed E-state index contributed by atoms with van der Waals surface area (Å²) in [5, 5.41) is 23.8. The minimum atomic E-state index is -0.177. The molecule has 4 rings (SSSR count). The van der Waals surface area contributed by atoms with Crippen LogP contribution in [0.15, 0.2) is 83.2 Å². The lowest BCUT2D eigenvalue weighted by Gasteiger charge is -2.07. The Kier molecular flexibility index (Phi) is 6.97. The summed E-state index contributed by atoms with van der Waals surface area (Å²) in [5.41, 5.74) is 1.94. The van der Waals surface area contributed by atoms with Gasteiger partial charge in [-0.3, -0.25) is 4.79 Å². The zero-order valence-electron chi connectivity index (χ0n) is 16.7. The Morgan fingerprint density at radius 1 is 0.969 bits per heavy atom. The first-order valence-corrected chi connectivity index (χ1v) is 11.3. The summed E-state index contributed by atoms with van der Waals surface area (Å²) in [6.45, 7) is 0. The Labute approximate surface area is 193 Å². The highest BCUT2D eigenvalue weighted by Gasteiger charge is 2.09. The normalized spacial score (nSPS) is 10.2. The number of amides is 1. The Bertz CT molecular complexity index is 1240. The summed E-state index contributed by atoms with van der Waals surface area (Å²) in [6, 6.07) is 26.0. The number of hydrogen-bond donors (Lipinski definition) is 2. The second-order valence-electron chi connectivity index (χ2n) is 6.47. The van der Waals surface area contributed by atoms with E-state index in [1.54, 1.807) is 24.3 Å². The molecule has 32 heavy (non-hydrogen) atoms. The SMILES string of the molecule is N#Cc1cccc(NC(=O)CSc2nnc(Nc3ccc(Oc4ccccc4)cc3)s2)c1. The molecule has 3 aromatic carbocycles. The van der Waals surface area contributed by atoms with Gasteiger partial charge in [0.2, 0.25) is 11.0 Å². The molecule has 0 aliphatic heterocycles. The monoisotopic (exact) mass is 459 g/mol. The number of aromatic nitrogens is 2. The van der Waals surface area contributed by atoms with Crippen molar-refractivity contribution in [3.05, 3.63) is 84.4 Å². The van der Waals surface area contributed by atoms with Crippen molar-refractivity contribution in [1.82, 2.24) is 10.2 Å². The Morgan fingerprint density at radius 3 is 2.53 bits per heavy atom. The molecule has 0 atom stereocenters. The highest BCUT2D eigenvalue weighted by atomic mass is 32.2. The summed E-state index contributed by atoms with van der Waals surface area (Å²) in [4.78, 5) is 12.2. The van der Waals surface area contributed by atoms with Gasteiger partial charge in [0.1, 0.15) is 11.5 Å². The molecule has 0 bridgehead atoms. The summed E-state index contributed by atoms with van der Waals surface area (Å²) in [7, 11) is 0. The summed E-state index contributed by atoms with van der Waals surface area (Å²) >= 11 is 2.66. The van der Waals surface area contributed by atoms with Crippen LogP contribution in [0.5, 0.6) is 11.5 Å². The lowest BCUT2D eigenvalue weighted by atomic mass is 10.2. The molecule has 0 fully saturated rings. The first-order valence-electron chi connectivity index (χ1n) is 9.54. The van der Waals surface area contributed by atoms with E-state index in [1.165, 1.54) is 23.1 Å². The number of ether oxygens (including phenoxy) is 1. The quantitative estimate of drug-likeness (QED) is 0.327. The van der Waals surface area contributed by atoms with Gasteiger partial charge < -0.3 is 15.4 Å². The summed E-state index contributed by atoms with van der Waals surface area (Å²) in [6.07, 6.45) is 0. The van der Waals surface area contributed by atoms with Gasteiger partial charge in [-0.25, -0.2) is 0 Å². The maximum atomic E-state index is 12.2. The number of rotatable bonds is 8. The van der Waals surface area contributed by atoms with Gasteiger partial charge in [0.05, 0.1) is 17.4 Å². The van der Waals surface area contributed by atoms with E-state index in [-0.39, 0.29) is 11.7 Å². The smallest absolute Gasteiger partial charge is 0.234 e. The zero-order chi connectivity index (χ0) is 22.2. The molecule has 158 valence electrons. The summed E-state index contributed by atoms with van der Waals surface area (Å²) in [5.74, 6) is 1.53. The van der Waals surface area contributed by atoms with E-state index in [2.05, 4.69) is 20.8 Å². The Balaban J connectivity index is 1.27. The lowest BCUT2D eigenvalue weighted by molar-refractivity contribution is -0.113. The average molecular weight is 460 g/mol. The molecule has 9 heteroatoms. The van der Waals surface area contributed by atoms with Crippen LogP contribution in [0.1, 0.15) is 5.56 Å². The van der Waals surface area contributed by atoms with E-state index in [9.17, 15) is 4.79 Å². The Morgan fingerprint density at radius 2 is 1.75 bits per heavy atom. The fourth-order valence-corrected chi connectivity index (χ4v) is 4.24. The predicted molar refractivity (Wildman–Crippen MR) is 127 cm³/mol. The highest BCUT2D eigenvalue weighted by molar-refractivity contribution is 8.01. The van der Waals surface area contributed by atoms with Crippen molar-refractivity contribution in [3.8, 4) is 17.6 Å². The van der Waals surface area contributed by atoms with Crippen LogP contribution in [0, 0.1) is 11.3 Å². The number of hydrogen-bond acceptors (Lipinski definition) is 8. The average Bonchev–Trinajstić information content (AvgIpc) is 3.27. The number of para-hydroxylation sites is 1. The van der Waals surface area contributed by atoms with Gasteiger partial charge in [0.25, 0.3) is 0 Å². The van der Waals surface area contributed by atoms with E-state index < -0.39 is 0 Å². The highest BCUT2D eigenvalue weighted by Crippen LogP contribution is 2.29. The number of thioether (sulfide) groups is 1. The molecule has 0 saturated heterocycles. The summed E-state index contributed by atoms with van der Waals surface area (Å²) < 4.78 is 6.47. The van der Waals surface area contributed by atoms with Crippen molar-refractivity contribution in [3.63, 3.8) is 0 Å². The van der Waals surface area contributed by atoms with Crippen LogP contribution in [0.2, 0.25) is 0 Å². The molecule has 0 saturated carbocycles. The number of anilines is 3. The third kappa shape index (κ3) is 6.07. The van der Waals surface area contributed by atoms with Crippen LogP contribution in [0.4, 0.5) is 16.5 Å². The number of nitrogens with zero attached hydrogens (tertiary/aromatic N) is 3. The molecule has 1 amide bonds. The van der Waals surface area contributed by atoms with Gasteiger partial charge in [0, 0.05) is 11.4 Å². The van der Waals surface area contributed by atoms with E-state index >= 15 is 0 Å². The standard InChI is InChI=1S/C23H17N5O2S2/c24-14-16-5-4-6-18(13-16)25-21(29)15-31-23-28-27-22(32-23)26-17-9-11-20(12-10-17)30-19-7-2-1-3-8-19/h1-13H,15H2,(H,25,29)(H,26,27). The van der Waals surface area contributed by atoms with E-state index in [0.29, 0.717) is 20.7 Å². The molecular formula is C23H17N5O2S2. The van der Waals surface area contributed by atoms with Crippen molar-refractivity contribution >= 4 is 45.5 Å². The number of nitrogens with one attached hydrogen (secondary N) is 2. The molecule has 7 nitrogen and oxygen atoms in total. The zero-order valence-corrected chi connectivity index (χ0v) is 18.3. The largest absolute Gasteiger partial charge is 0.457 e. The third-order valence-corrected chi connectivity index (χ3v) is 6.07. The number of nitriles is 1. The maximum absolute atomic E-state index is 12.2. The van der Waals surface area contributed by atoms with Gasteiger partial charge in [-0.2, -0.15) is 5.26 Å². The molecule has 2 N–H and O–H groups in total. The fourth-order valence-electron chi connectivity index (χ4n) is 2.66. The molecule has 0 aliphatic rings. The molecule has 4 aromatic rings. The van der Waals surface area contributed by atoms with Gasteiger partial charge in [0.15, 0.2) is 4.34 Å². The van der Waals surface area contributed by atoms with E-state index in [4.69, 9.17) is 10.00 Å². The van der Waals surface area contributed by atoms with E-state index in [0.717, 1.165) is 17.2 Å². The molecule has 1 aromatic heterocycles. The van der Waals surface area contributed by atoms with Gasteiger partial charge >= 0.3 is 0 Å². The second-order valence-corrected chi connectivity index (χ2v) is 8.67. The number of carbonyl (C=O) groups excluding carboxylic acids is 1. The number of carbonyl (C=O) groups is 1.